The van der Waals surface area contributed by atoms with E-state index in [1.54, 1.807) is 19.4 Å². The van der Waals surface area contributed by atoms with Crippen LogP contribution in [-0.4, -0.2) is 22.9 Å². The smallest absolute Gasteiger partial charge is 0.213 e. The van der Waals surface area contributed by atoms with Crippen LogP contribution < -0.4 is 9.47 Å². The van der Waals surface area contributed by atoms with Gasteiger partial charge in [-0.15, -0.1) is 0 Å². The third-order valence-corrected chi connectivity index (χ3v) is 4.83. The van der Waals surface area contributed by atoms with Gasteiger partial charge in [-0.1, -0.05) is 19.1 Å². The van der Waals surface area contributed by atoms with Crippen LogP contribution in [-0.2, 0) is 6.61 Å². The molecule has 27 heavy (non-hydrogen) atoms. The molecule has 1 aliphatic rings. The van der Waals surface area contributed by atoms with Gasteiger partial charge in [0.1, 0.15) is 12.4 Å². The molecule has 0 fully saturated rings. The van der Waals surface area contributed by atoms with Crippen molar-refractivity contribution in [3.63, 3.8) is 0 Å². The van der Waals surface area contributed by atoms with Gasteiger partial charge in [0.15, 0.2) is 5.78 Å². The van der Waals surface area contributed by atoms with E-state index in [0.29, 0.717) is 24.5 Å². The average molecular weight is 360 g/mol. The van der Waals surface area contributed by atoms with Gasteiger partial charge in [0.25, 0.3) is 0 Å². The van der Waals surface area contributed by atoms with Crippen LogP contribution in [0.2, 0.25) is 0 Å². The summed E-state index contributed by atoms with van der Waals surface area (Å²) in [4.78, 5) is 21.4. The number of benzene rings is 1. The average Bonchev–Trinajstić information content (AvgIpc) is 2.73. The van der Waals surface area contributed by atoms with Gasteiger partial charge in [-0.05, 0) is 29.8 Å². The zero-order chi connectivity index (χ0) is 18.8. The number of nitrogens with zero attached hydrogens (tertiary/aromatic N) is 2. The molecule has 0 spiro atoms. The van der Waals surface area contributed by atoms with Crippen LogP contribution in [0.5, 0.6) is 11.6 Å². The molecule has 5 nitrogen and oxygen atoms in total. The molecule has 0 radical (unpaired) electrons. The van der Waals surface area contributed by atoms with Crippen LogP contribution in [0.4, 0.5) is 0 Å². The molecular weight excluding hydrogens is 340 g/mol. The van der Waals surface area contributed by atoms with Crippen molar-refractivity contribution >= 4 is 5.78 Å². The number of rotatable bonds is 5. The fourth-order valence-corrected chi connectivity index (χ4v) is 3.32. The largest absolute Gasteiger partial charge is 0.488 e. The summed E-state index contributed by atoms with van der Waals surface area (Å²) in [5.41, 5.74) is 4.66. The monoisotopic (exact) mass is 360 g/mol. The van der Waals surface area contributed by atoms with E-state index in [4.69, 9.17) is 9.47 Å². The first kappa shape index (κ1) is 17.2. The number of carbonyl (C=O) groups is 1. The molecule has 3 aromatic rings. The molecule has 1 atom stereocenters. The summed E-state index contributed by atoms with van der Waals surface area (Å²) in [5, 5.41) is 0. The molecule has 1 unspecified atom stereocenters. The number of carbonyl (C=O) groups excluding carboxylic acids is 1. The summed E-state index contributed by atoms with van der Waals surface area (Å²) in [7, 11) is 1.59. The van der Waals surface area contributed by atoms with Gasteiger partial charge in [0.2, 0.25) is 5.88 Å². The summed E-state index contributed by atoms with van der Waals surface area (Å²) in [6.07, 6.45) is 3.97. The van der Waals surface area contributed by atoms with Gasteiger partial charge in [-0.3, -0.25) is 9.78 Å². The van der Waals surface area contributed by atoms with Gasteiger partial charge in [0.05, 0.1) is 7.11 Å². The first-order valence-electron chi connectivity index (χ1n) is 8.90. The highest BCUT2D eigenvalue weighted by atomic mass is 16.5. The van der Waals surface area contributed by atoms with Gasteiger partial charge in [-0.25, -0.2) is 4.98 Å². The van der Waals surface area contributed by atoms with Crippen molar-refractivity contribution in [1.82, 2.24) is 9.97 Å². The molecule has 1 aromatic carbocycles. The molecule has 5 heteroatoms. The fraction of sp³-hybridized carbons (Fsp3) is 0.227. The molecule has 0 saturated heterocycles. The SMILES string of the molecule is COc1cccc(C(C)CC(=O)c2ccc3c(c2)OCc2cnccc2-3)n1. The number of fused-ring (bicyclic) bond motifs is 3. The number of aromatic nitrogens is 2. The third kappa shape index (κ3) is 3.40. The van der Waals surface area contributed by atoms with Crippen LogP contribution in [0.1, 0.15) is 40.9 Å². The van der Waals surface area contributed by atoms with E-state index < -0.39 is 0 Å². The first-order chi connectivity index (χ1) is 13.2. The lowest BCUT2D eigenvalue weighted by Crippen LogP contribution is -2.09. The first-order valence-corrected chi connectivity index (χ1v) is 8.90. The Kier molecular flexibility index (Phi) is 4.59. The van der Waals surface area contributed by atoms with Crippen molar-refractivity contribution in [1.29, 1.82) is 0 Å². The lowest BCUT2D eigenvalue weighted by molar-refractivity contribution is 0.0974. The Hall–Kier alpha value is -3.21. The van der Waals surface area contributed by atoms with Gasteiger partial charge in [-0.2, -0.15) is 0 Å². The third-order valence-electron chi connectivity index (χ3n) is 4.83. The minimum Gasteiger partial charge on any atom is -0.488 e. The van der Waals surface area contributed by atoms with Gasteiger partial charge >= 0.3 is 0 Å². The maximum atomic E-state index is 12.8. The molecule has 3 heterocycles. The normalized spacial score (nSPS) is 13.1. The second-order valence-corrected chi connectivity index (χ2v) is 6.67. The summed E-state index contributed by atoms with van der Waals surface area (Å²) in [5.74, 6) is 1.37. The van der Waals surface area contributed by atoms with Crippen LogP contribution in [0.25, 0.3) is 11.1 Å². The van der Waals surface area contributed by atoms with E-state index in [2.05, 4.69) is 9.97 Å². The van der Waals surface area contributed by atoms with Crippen molar-refractivity contribution in [3.8, 4) is 22.8 Å². The Bertz CT molecular complexity index is 1000. The second kappa shape index (κ2) is 7.19. The molecule has 0 N–H and O–H groups in total. The highest BCUT2D eigenvalue weighted by Gasteiger charge is 2.20. The highest BCUT2D eigenvalue weighted by Crippen LogP contribution is 2.38. The van der Waals surface area contributed by atoms with Crippen LogP contribution in [0.15, 0.2) is 54.9 Å². The predicted molar refractivity (Wildman–Crippen MR) is 102 cm³/mol. The van der Waals surface area contributed by atoms with E-state index in [9.17, 15) is 4.79 Å². The van der Waals surface area contributed by atoms with Crippen molar-refractivity contribution in [2.75, 3.05) is 7.11 Å². The van der Waals surface area contributed by atoms with Gasteiger partial charge < -0.3 is 9.47 Å². The lowest BCUT2D eigenvalue weighted by Gasteiger charge is -2.21. The number of hydrogen-bond donors (Lipinski definition) is 0. The second-order valence-electron chi connectivity index (χ2n) is 6.67. The lowest BCUT2D eigenvalue weighted by atomic mass is 9.93. The molecule has 0 aliphatic carbocycles. The number of ketones is 1. The Labute approximate surface area is 158 Å². The topological polar surface area (TPSA) is 61.3 Å². The van der Waals surface area contributed by atoms with Crippen LogP contribution >= 0.6 is 0 Å². The number of methoxy groups -OCH3 is 1. The fourth-order valence-electron chi connectivity index (χ4n) is 3.32. The maximum absolute atomic E-state index is 12.8. The molecule has 4 rings (SSSR count). The molecule has 0 saturated carbocycles. The summed E-state index contributed by atoms with van der Waals surface area (Å²) >= 11 is 0. The molecule has 0 bridgehead atoms. The number of hydrogen-bond acceptors (Lipinski definition) is 5. The van der Waals surface area contributed by atoms with Crippen LogP contribution in [0, 0.1) is 0 Å². The number of ether oxygens (including phenoxy) is 2. The maximum Gasteiger partial charge on any atom is 0.213 e. The number of pyridine rings is 2. The molecule has 2 aromatic heterocycles. The molecule has 136 valence electrons. The van der Waals surface area contributed by atoms with Crippen molar-refractivity contribution in [3.05, 3.63) is 71.7 Å². The quantitative estimate of drug-likeness (QED) is 0.630. The zero-order valence-corrected chi connectivity index (χ0v) is 15.3. The molecule has 0 amide bonds. The Morgan fingerprint density at radius 3 is 2.96 bits per heavy atom. The predicted octanol–water partition coefficient (Wildman–Crippen LogP) is 4.42. The number of Topliss-reactive ketones (excluding diaryl/α,β-unsaturated/α-hetero) is 1. The van der Waals surface area contributed by atoms with E-state index in [0.717, 1.165) is 28.1 Å². The summed E-state index contributed by atoms with van der Waals surface area (Å²) < 4.78 is 11.0. The van der Waals surface area contributed by atoms with Crippen molar-refractivity contribution in [2.45, 2.75) is 25.9 Å². The molecule has 1 aliphatic heterocycles. The Morgan fingerprint density at radius 1 is 1.22 bits per heavy atom. The standard InChI is InChI=1S/C22H20N2O3/c1-14(19-4-3-5-22(24-19)26-2)10-20(25)15-6-7-18-17-8-9-23-12-16(17)13-27-21(18)11-15/h3-9,11-12,14H,10,13H2,1-2H3. The van der Waals surface area contributed by atoms with Crippen LogP contribution in [0.3, 0.4) is 0 Å². The Morgan fingerprint density at radius 2 is 2.11 bits per heavy atom. The highest BCUT2D eigenvalue weighted by molar-refractivity contribution is 5.98. The van der Waals surface area contributed by atoms with E-state index in [-0.39, 0.29) is 11.7 Å². The molecular formula is C22H20N2O3. The zero-order valence-electron chi connectivity index (χ0n) is 15.3. The van der Waals surface area contributed by atoms with E-state index in [1.165, 1.54) is 0 Å². The van der Waals surface area contributed by atoms with Crippen molar-refractivity contribution in [2.24, 2.45) is 0 Å². The van der Waals surface area contributed by atoms with E-state index >= 15 is 0 Å². The Balaban J connectivity index is 1.55. The van der Waals surface area contributed by atoms with Crippen molar-refractivity contribution < 1.29 is 14.3 Å². The minimum atomic E-state index is -0.00338. The van der Waals surface area contributed by atoms with Gasteiger partial charge in [0, 0.05) is 53.2 Å². The van der Waals surface area contributed by atoms with E-state index in [1.807, 2.05) is 49.5 Å². The minimum absolute atomic E-state index is 0.00338. The summed E-state index contributed by atoms with van der Waals surface area (Å²) in [6, 6.07) is 13.2. The summed E-state index contributed by atoms with van der Waals surface area (Å²) in [6.45, 7) is 2.47.